The summed E-state index contributed by atoms with van der Waals surface area (Å²) in [5, 5.41) is 1.39. The average Bonchev–Trinajstić information content (AvgIpc) is 2.60. The van der Waals surface area contributed by atoms with E-state index < -0.39 is 0 Å². The van der Waals surface area contributed by atoms with Crippen LogP contribution in [0.5, 0.6) is 0 Å². The molecule has 74 valence electrons. The first-order valence-corrected chi connectivity index (χ1v) is 6.81. The Labute approximate surface area is 93.3 Å². The smallest absolute Gasteiger partial charge is 0.0611 e. The van der Waals surface area contributed by atoms with Crippen LogP contribution in [0.4, 0.5) is 0 Å². The van der Waals surface area contributed by atoms with Gasteiger partial charge in [0.05, 0.1) is 4.21 Å². The Kier molecular flexibility index (Phi) is 3.49. The molecule has 0 saturated carbocycles. The molecule has 0 aliphatic carbocycles. The van der Waals surface area contributed by atoms with Gasteiger partial charge in [-0.15, -0.1) is 23.1 Å². The number of hydrogen-bond donors (Lipinski definition) is 0. The molecule has 0 bridgehead atoms. The maximum Gasteiger partial charge on any atom is 0.0611 e. The van der Waals surface area contributed by atoms with Crippen LogP contribution >= 0.6 is 23.1 Å². The summed E-state index contributed by atoms with van der Waals surface area (Å²) in [6.07, 6.45) is 2.61. The lowest BCUT2D eigenvalue weighted by Crippen LogP contribution is -1.73. The summed E-state index contributed by atoms with van der Waals surface area (Å²) in [6, 6.07) is 10.9. The molecule has 0 aliphatic heterocycles. The summed E-state index contributed by atoms with van der Waals surface area (Å²) in [4.78, 5) is 0. The highest BCUT2D eigenvalue weighted by atomic mass is 32.2. The van der Waals surface area contributed by atoms with Crippen molar-refractivity contribution < 1.29 is 0 Å². The molecule has 0 amide bonds. The van der Waals surface area contributed by atoms with E-state index in [2.05, 4.69) is 37.3 Å². The maximum atomic E-state index is 2.31. The monoisotopic (exact) mass is 222 g/mol. The highest BCUT2D eigenvalue weighted by Crippen LogP contribution is 2.32. The summed E-state index contributed by atoms with van der Waals surface area (Å²) < 4.78 is 2.87. The predicted molar refractivity (Wildman–Crippen MR) is 67.5 cm³/mol. The van der Waals surface area contributed by atoms with E-state index in [1.807, 2.05) is 23.1 Å². The molecule has 2 rings (SSSR count). The first kappa shape index (κ1) is 10.1. The van der Waals surface area contributed by atoms with Gasteiger partial charge in [0.1, 0.15) is 0 Å². The molecule has 0 aliphatic rings. The fourth-order valence-electron chi connectivity index (χ4n) is 1.35. The van der Waals surface area contributed by atoms with Gasteiger partial charge >= 0.3 is 0 Å². The van der Waals surface area contributed by atoms with Crippen LogP contribution in [0.3, 0.4) is 0 Å². The lowest BCUT2D eigenvalue weighted by Gasteiger charge is -1.93. The molecular formula is C12H14S2. The second-order valence-corrected chi connectivity index (χ2v) is 5.78. The van der Waals surface area contributed by atoms with E-state index in [0.29, 0.717) is 0 Å². The first-order valence-electron chi connectivity index (χ1n) is 5.01. The van der Waals surface area contributed by atoms with Gasteiger partial charge in [-0.05, 0) is 29.7 Å². The minimum atomic E-state index is 1.25. The zero-order valence-corrected chi connectivity index (χ0v) is 9.96. The molecular weight excluding hydrogens is 208 g/mol. The average molecular weight is 222 g/mol. The van der Waals surface area contributed by atoms with Crippen molar-refractivity contribution in [3.8, 4) is 0 Å². The lowest BCUT2D eigenvalue weighted by atomic mass is 10.3. The second kappa shape index (κ2) is 4.85. The molecule has 0 atom stereocenters. The van der Waals surface area contributed by atoms with Gasteiger partial charge in [-0.25, -0.2) is 0 Å². The van der Waals surface area contributed by atoms with Gasteiger partial charge in [-0.2, -0.15) is 0 Å². The molecule has 0 radical (unpaired) electrons. The predicted octanol–water partition coefficient (Wildman–Crippen LogP) is 4.79. The van der Waals surface area contributed by atoms with Crippen LogP contribution in [0.25, 0.3) is 10.1 Å². The molecule has 2 heteroatoms. The molecule has 0 nitrogen and oxygen atoms in total. The van der Waals surface area contributed by atoms with Crippen LogP contribution in [0.15, 0.2) is 34.5 Å². The maximum absolute atomic E-state index is 2.31. The van der Waals surface area contributed by atoms with E-state index in [4.69, 9.17) is 0 Å². The summed E-state index contributed by atoms with van der Waals surface area (Å²) in [5.74, 6) is 1.25. The molecule has 0 fully saturated rings. The van der Waals surface area contributed by atoms with Gasteiger partial charge in [0.15, 0.2) is 0 Å². The van der Waals surface area contributed by atoms with E-state index in [1.54, 1.807) is 0 Å². The summed E-state index contributed by atoms with van der Waals surface area (Å²) >= 11 is 3.90. The second-order valence-electron chi connectivity index (χ2n) is 3.31. The third kappa shape index (κ3) is 2.31. The van der Waals surface area contributed by atoms with Crippen molar-refractivity contribution >= 4 is 33.2 Å². The van der Waals surface area contributed by atoms with E-state index in [1.165, 1.54) is 32.9 Å². The third-order valence-electron chi connectivity index (χ3n) is 2.15. The van der Waals surface area contributed by atoms with Crippen molar-refractivity contribution in [2.45, 2.75) is 24.0 Å². The first-order chi connectivity index (χ1) is 6.90. The fourth-order valence-corrected chi connectivity index (χ4v) is 3.74. The van der Waals surface area contributed by atoms with E-state index >= 15 is 0 Å². The third-order valence-corrected chi connectivity index (χ3v) is 4.55. The number of thioether (sulfide) groups is 1. The van der Waals surface area contributed by atoms with Gasteiger partial charge in [0, 0.05) is 4.70 Å². The van der Waals surface area contributed by atoms with Crippen LogP contribution in [-0.2, 0) is 0 Å². The molecule has 2 aromatic rings. The van der Waals surface area contributed by atoms with Crippen LogP contribution in [-0.4, -0.2) is 5.75 Å². The van der Waals surface area contributed by atoms with Gasteiger partial charge < -0.3 is 0 Å². The van der Waals surface area contributed by atoms with Crippen molar-refractivity contribution in [1.29, 1.82) is 0 Å². The van der Waals surface area contributed by atoms with Crippen molar-refractivity contribution in [1.82, 2.24) is 0 Å². The van der Waals surface area contributed by atoms with Gasteiger partial charge in [0.2, 0.25) is 0 Å². The Hall–Kier alpha value is -0.470. The molecule has 0 saturated heterocycles. The number of hydrogen-bond acceptors (Lipinski definition) is 2. The van der Waals surface area contributed by atoms with Gasteiger partial charge in [-0.1, -0.05) is 31.5 Å². The number of rotatable bonds is 4. The minimum absolute atomic E-state index is 1.25. The summed E-state index contributed by atoms with van der Waals surface area (Å²) in [6.45, 7) is 2.24. The van der Waals surface area contributed by atoms with Crippen LogP contribution < -0.4 is 0 Å². The topological polar surface area (TPSA) is 0 Å². The quantitative estimate of drug-likeness (QED) is 0.529. The van der Waals surface area contributed by atoms with Gasteiger partial charge in [-0.3, -0.25) is 0 Å². The van der Waals surface area contributed by atoms with Crippen molar-refractivity contribution in [3.05, 3.63) is 30.3 Å². The summed E-state index contributed by atoms with van der Waals surface area (Å²) in [7, 11) is 0. The number of thiophene rings is 1. The molecule has 0 unspecified atom stereocenters. The van der Waals surface area contributed by atoms with E-state index in [-0.39, 0.29) is 0 Å². The van der Waals surface area contributed by atoms with Gasteiger partial charge in [0.25, 0.3) is 0 Å². The van der Waals surface area contributed by atoms with Crippen molar-refractivity contribution in [3.63, 3.8) is 0 Å². The molecule has 14 heavy (non-hydrogen) atoms. The minimum Gasteiger partial charge on any atom is -0.129 e. The van der Waals surface area contributed by atoms with E-state index in [0.717, 1.165) is 0 Å². The van der Waals surface area contributed by atoms with Crippen molar-refractivity contribution in [2.75, 3.05) is 5.75 Å². The SMILES string of the molecule is CCCCSc1cc2ccccc2s1. The zero-order valence-electron chi connectivity index (χ0n) is 8.32. The highest BCUT2D eigenvalue weighted by molar-refractivity contribution is 8.01. The Morgan fingerprint density at radius 1 is 1.29 bits per heavy atom. The molecule has 1 aromatic heterocycles. The molecule has 1 heterocycles. The Morgan fingerprint density at radius 3 is 2.93 bits per heavy atom. The molecule has 1 aromatic carbocycles. The van der Waals surface area contributed by atoms with Crippen LogP contribution in [0.2, 0.25) is 0 Å². The van der Waals surface area contributed by atoms with E-state index in [9.17, 15) is 0 Å². The number of benzene rings is 1. The highest BCUT2D eigenvalue weighted by Gasteiger charge is 2.00. The number of fused-ring (bicyclic) bond motifs is 1. The Bertz CT molecular complexity index is 370. The summed E-state index contributed by atoms with van der Waals surface area (Å²) in [5.41, 5.74) is 0. The molecule has 0 N–H and O–H groups in total. The normalized spacial score (nSPS) is 10.9. The Morgan fingerprint density at radius 2 is 2.14 bits per heavy atom. The van der Waals surface area contributed by atoms with Crippen LogP contribution in [0, 0.1) is 0 Å². The van der Waals surface area contributed by atoms with Crippen molar-refractivity contribution in [2.24, 2.45) is 0 Å². The Balaban J connectivity index is 2.11. The zero-order chi connectivity index (χ0) is 9.80. The molecule has 0 spiro atoms. The number of unbranched alkanes of at least 4 members (excludes halogenated alkanes) is 1. The lowest BCUT2D eigenvalue weighted by molar-refractivity contribution is 0.896. The standard InChI is InChI=1S/C12H14S2/c1-2-3-8-13-12-9-10-6-4-5-7-11(10)14-12/h4-7,9H,2-3,8H2,1H3. The fraction of sp³-hybridized carbons (Fsp3) is 0.333. The van der Waals surface area contributed by atoms with Crippen LogP contribution in [0.1, 0.15) is 19.8 Å². The largest absolute Gasteiger partial charge is 0.129 e.